The Morgan fingerprint density at radius 2 is 2.17 bits per heavy atom. The van der Waals surface area contributed by atoms with Crippen molar-refractivity contribution in [1.82, 2.24) is 0 Å². The van der Waals surface area contributed by atoms with E-state index in [9.17, 15) is 4.79 Å². The minimum atomic E-state index is -0.0340. The lowest BCUT2D eigenvalue weighted by molar-refractivity contribution is -0.113. The Labute approximate surface area is 112 Å². The summed E-state index contributed by atoms with van der Waals surface area (Å²) in [5.41, 5.74) is 7.18. The molecule has 5 heteroatoms. The summed E-state index contributed by atoms with van der Waals surface area (Å²) in [6.07, 6.45) is 0.387. The first-order valence-electron chi connectivity index (χ1n) is 5.73. The molecule has 18 heavy (non-hydrogen) atoms. The van der Waals surface area contributed by atoms with Crippen LogP contribution in [0.25, 0.3) is 0 Å². The summed E-state index contributed by atoms with van der Waals surface area (Å²) in [7, 11) is 0. The van der Waals surface area contributed by atoms with Gasteiger partial charge in [-0.05, 0) is 17.7 Å². The minimum Gasteiger partial charge on any atom is -0.329 e. The van der Waals surface area contributed by atoms with Crippen LogP contribution in [0.2, 0.25) is 0 Å². The Bertz CT molecular complexity index is 425. The molecule has 0 saturated heterocycles. The molecule has 4 nitrogen and oxygen atoms in total. The van der Waals surface area contributed by atoms with E-state index < -0.39 is 0 Å². The monoisotopic (exact) mass is 263 g/mol. The van der Waals surface area contributed by atoms with Gasteiger partial charge in [0.15, 0.2) is 0 Å². The molecule has 0 aliphatic rings. The predicted octanol–water partition coefficient (Wildman–Crippen LogP) is 1.77. The van der Waals surface area contributed by atoms with E-state index in [1.807, 2.05) is 31.2 Å². The van der Waals surface area contributed by atoms with Gasteiger partial charge in [0.05, 0.1) is 18.2 Å². The molecule has 1 unspecified atom stereocenters. The highest BCUT2D eigenvalue weighted by Gasteiger charge is 2.06. The van der Waals surface area contributed by atoms with Crippen LogP contribution in [0.4, 0.5) is 5.69 Å². The molecule has 0 aliphatic heterocycles. The van der Waals surface area contributed by atoms with Gasteiger partial charge in [-0.2, -0.15) is 5.26 Å². The van der Waals surface area contributed by atoms with Crippen molar-refractivity contribution < 1.29 is 4.79 Å². The number of nitrogens with two attached hydrogens (primary N) is 1. The van der Waals surface area contributed by atoms with Crippen molar-refractivity contribution in [2.75, 3.05) is 17.6 Å². The highest BCUT2D eigenvalue weighted by Crippen LogP contribution is 2.12. The third-order valence-corrected chi connectivity index (χ3v) is 3.54. The number of hydrogen-bond acceptors (Lipinski definition) is 4. The van der Waals surface area contributed by atoms with E-state index >= 15 is 0 Å². The fourth-order valence-corrected chi connectivity index (χ4v) is 1.92. The second-order valence-corrected chi connectivity index (χ2v) is 5.36. The Balaban J connectivity index is 2.42. The summed E-state index contributed by atoms with van der Waals surface area (Å²) in [6, 6.07) is 9.38. The standard InChI is InChI=1S/C13H17N3OS/c1-10(8-15)18-9-13(17)16-12-4-2-11(3-5-12)6-7-14/h2-5,10H,6,8-9,15H2,1H3,(H,16,17). The molecule has 0 aromatic heterocycles. The number of carbonyl (C=O) groups is 1. The van der Waals surface area contributed by atoms with Gasteiger partial charge in [0.25, 0.3) is 0 Å². The van der Waals surface area contributed by atoms with E-state index in [2.05, 4.69) is 11.4 Å². The average Bonchev–Trinajstić information content (AvgIpc) is 2.38. The van der Waals surface area contributed by atoms with Gasteiger partial charge in [0.2, 0.25) is 5.91 Å². The van der Waals surface area contributed by atoms with Crippen molar-refractivity contribution in [3.05, 3.63) is 29.8 Å². The van der Waals surface area contributed by atoms with Crippen LogP contribution >= 0.6 is 11.8 Å². The number of nitrogens with one attached hydrogen (secondary N) is 1. The van der Waals surface area contributed by atoms with Crippen molar-refractivity contribution in [3.63, 3.8) is 0 Å². The molecule has 1 rings (SSSR count). The Morgan fingerprint density at radius 3 is 2.72 bits per heavy atom. The molecule has 1 amide bonds. The van der Waals surface area contributed by atoms with Gasteiger partial charge < -0.3 is 11.1 Å². The summed E-state index contributed by atoms with van der Waals surface area (Å²) in [6.45, 7) is 2.56. The van der Waals surface area contributed by atoms with Crippen LogP contribution in [0.5, 0.6) is 0 Å². The molecule has 0 saturated carbocycles. The van der Waals surface area contributed by atoms with Crippen LogP contribution in [-0.2, 0) is 11.2 Å². The van der Waals surface area contributed by atoms with Gasteiger partial charge in [0, 0.05) is 17.5 Å². The smallest absolute Gasteiger partial charge is 0.234 e. The first-order chi connectivity index (χ1) is 8.65. The molecule has 1 aromatic rings. The number of benzene rings is 1. The van der Waals surface area contributed by atoms with Crippen LogP contribution in [0.1, 0.15) is 12.5 Å². The highest BCUT2D eigenvalue weighted by molar-refractivity contribution is 8.00. The SMILES string of the molecule is CC(CN)SCC(=O)Nc1ccc(CC#N)cc1. The van der Waals surface area contributed by atoms with Gasteiger partial charge in [-0.15, -0.1) is 11.8 Å². The molecule has 0 spiro atoms. The number of carbonyl (C=O) groups excluding carboxylic acids is 1. The number of hydrogen-bond donors (Lipinski definition) is 2. The molecule has 96 valence electrons. The third-order valence-electron chi connectivity index (χ3n) is 2.35. The maximum Gasteiger partial charge on any atom is 0.234 e. The lowest BCUT2D eigenvalue weighted by Crippen LogP contribution is -2.19. The van der Waals surface area contributed by atoms with Crippen molar-refractivity contribution in [2.24, 2.45) is 5.73 Å². The van der Waals surface area contributed by atoms with E-state index in [1.54, 1.807) is 0 Å². The van der Waals surface area contributed by atoms with Gasteiger partial charge in [-0.25, -0.2) is 0 Å². The van der Waals surface area contributed by atoms with E-state index in [0.717, 1.165) is 11.3 Å². The molecular formula is C13H17N3OS. The lowest BCUT2D eigenvalue weighted by Gasteiger charge is -2.08. The largest absolute Gasteiger partial charge is 0.329 e. The van der Waals surface area contributed by atoms with Gasteiger partial charge in [-0.1, -0.05) is 19.1 Å². The Hall–Kier alpha value is -1.51. The molecular weight excluding hydrogens is 246 g/mol. The van der Waals surface area contributed by atoms with Crippen molar-refractivity contribution >= 4 is 23.4 Å². The molecule has 0 bridgehead atoms. The molecule has 0 aliphatic carbocycles. The van der Waals surface area contributed by atoms with Crippen LogP contribution in [-0.4, -0.2) is 23.5 Å². The average molecular weight is 263 g/mol. The van der Waals surface area contributed by atoms with Crippen LogP contribution in [0, 0.1) is 11.3 Å². The zero-order valence-corrected chi connectivity index (χ0v) is 11.2. The lowest BCUT2D eigenvalue weighted by atomic mass is 10.1. The number of thioether (sulfide) groups is 1. The quantitative estimate of drug-likeness (QED) is 0.820. The van der Waals surface area contributed by atoms with Crippen molar-refractivity contribution in [2.45, 2.75) is 18.6 Å². The third kappa shape index (κ3) is 5.21. The van der Waals surface area contributed by atoms with Crippen LogP contribution < -0.4 is 11.1 Å². The normalized spacial score (nSPS) is 11.6. The van der Waals surface area contributed by atoms with Gasteiger partial charge in [0.1, 0.15) is 0 Å². The Morgan fingerprint density at radius 1 is 1.50 bits per heavy atom. The highest BCUT2D eigenvalue weighted by atomic mass is 32.2. The molecule has 0 radical (unpaired) electrons. The zero-order chi connectivity index (χ0) is 13.4. The molecule has 1 atom stereocenters. The molecule has 1 aromatic carbocycles. The topological polar surface area (TPSA) is 78.9 Å². The number of nitrogens with zero attached hydrogens (tertiary/aromatic N) is 1. The fraction of sp³-hybridized carbons (Fsp3) is 0.385. The first kappa shape index (κ1) is 14.6. The second-order valence-electron chi connectivity index (χ2n) is 3.94. The van der Waals surface area contributed by atoms with E-state index in [-0.39, 0.29) is 11.2 Å². The molecule has 0 fully saturated rings. The fourth-order valence-electron chi connectivity index (χ4n) is 1.28. The van der Waals surface area contributed by atoms with Gasteiger partial charge in [-0.3, -0.25) is 4.79 Å². The Kier molecular flexibility index (Phi) is 6.26. The maximum atomic E-state index is 11.6. The van der Waals surface area contributed by atoms with Gasteiger partial charge >= 0.3 is 0 Å². The van der Waals surface area contributed by atoms with Crippen LogP contribution in [0.15, 0.2) is 24.3 Å². The minimum absolute atomic E-state index is 0.0340. The van der Waals surface area contributed by atoms with E-state index in [1.165, 1.54) is 11.8 Å². The summed E-state index contributed by atoms with van der Waals surface area (Å²) >= 11 is 1.53. The summed E-state index contributed by atoms with van der Waals surface area (Å²) < 4.78 is 0. The number of rotatable bonds is 6. The number of amides is 1. The zero-order valence-electron chi connectivity index (χ0n) is 10.3. The van der Waals surface area contributed by atoms with Crippen molar-refractivity contribution in [1.29, 1.82) is 5.26 Å². The first-order valence-corrected chi connectivity index (χ1v) is 6.78. The van der Waals surface area contributed by atoms with E-state index in [0.29, 0.717) is 18.7 Å². The molecule has 3 N–H and O–H groups in total. The number of anilines is 1. The molecule has 0 heterocycles. The number of nitriles is 1. The maximum absolute atomic E-state index is 11.6. The predicted molar refractivity (Wildman–Crippen MR) is 75.4 cm³/mol. The van der Waals surface area contributed by atoms with Crippen LogP contribution in [0.3, 0.4) is 0 Å². The summed E-state index contributed by atoms with van der Waals surface area (Å²) in [5, 5.41) is 11.6. The summed E-state index contributed by atoms with van der Waals surface area (Å²) in [4.78, 5) is 11.6. The van der Waals surface area contributed by atoms with Crippen molar-refractivity contribution in [3.8, 4) is 6.07 Å². The summed E-state index contributed by atoms with van der Waals surface area (Å²) in [5.74, 6) is 0.367. The second kappa shape index (κ2) is 7.75. The van der Waals surface area contributed by atoms with E-state index in [4.69, 9.17) is 11.0 Å².